The number of nitrogens with two attached hydrogens (primary N) is 1. The van der Waals surface area contributed by atoms with Gasteiger partial charge in [-0.3, -0.25) is 9.69 Å². The van der Waals surface area contributed by atoms with Gasteiger partial charge < -0.3 is 25.7 Å². The number of hydrogen-bond acceptors (Lipinski definition) is 8. The maximum Gasteiger partial charge on any atom is 0.431 e. The van der Waals surface area contributed by atoms with Crippen molar-refractivity contribution in [2.75, 3.05) is 54.1 Å². The molecular weight excluding hydrogens is 592 g/mol. The lowest BCUT2D eigenvalue weighted by Gasteiger charge is -2.58. The first-order valence-corrected chi connectivity index (χ1v) is 16.9. The van der Waals surface area contributed by atoms with Crippen LogP contribution in [-0.2, 0) is 9.63 Å². The lowest BCUT2D eigenvalue weighted by molar-refractivity contribution is -0.145. The molecule has 7 aliphatic rings. The fourth-order valence-electron chi connectivity index (χ4n) is 9.78. The topological polar surface area (TPSA) is 107 Å². The van der Waals surface area contributed by atoms with Crippen LogP contribution in [0.1, 0.15) is 51.4 Å². The molecule has 6 fully saturated rings. The molecule has 9 rings (SSSR count). The fraction of sp³-hybridized carbons (Fsp3) is 0.618. The number of pyridine rings is 1. The maximum atomic E-state index is 13.7. The number of nitrogens with one attached hydrogen (secondary N) is 1. The predicted octanol–water partition coefficient (Wildman–Crippen LogP) is 4.67. The number of fused-ring (bicyclic) bond motifs is 1. The normalized spacial score (nSPS) is 32.0. The van der Waals surface area contributed by atoms with Crippen molar-refractivity contribution in [2.24, 2.45) is 28.9 Å². The van der Waals surface area contributed by atoms with E-state index in [9.17, 15) is 18.4 Å². The van der Waals surface area contributed by atoms with E-state index >= 15 is 0 Å². The molecule has 1 aromatic carbocycles. The second kappa shape index (κ2) is 11.2. The van der Waals surface area contributed by atoms with Crippen molar-refractivity contribution in [3.63, 3.8) is 0 Å². The van der Waals surface area contributed by atoms with Crippen molar-refractivity contribution in [2.45, 2.75) is 69.4 Å². The van der Waals surface area contributed by atoms with E-state index in [-0.39, 0.29) is 42.8 Å². The Kier molecular flexibility index (Phi) is 7.26. The largest absolute Gasteiger partial charge is 0.431 e. The van der Waals surface area contributed by atoms with Crippen LogP contribution >= 0.6 is 0 Å². The molecule has 4 saturated carbocycles. The van der Waals surface area contributed by atoms with Gasteiger partial charge in [0.15, 0.2) is 0 Å². The number of anilines is 4. The Labute approximate surface area is 268 Å². The number of carbonyl (C=O) groups excluding carboxylic acids is 2. The third-order valence-electron chi connectivity index (χ3n) is 11.8. The van der Waals surface area contributed by atoms with Crippen LogP contribution < -0.4 is 25.9 Å². The van der Waals surface area contributed by atoms with Crippen LogP contribution in [0.2, 0.25) is 0 Å². The monoisotopic (exact) mass is 635 g/mol. The van der Waals surface area contributed by atoms with Crippen LogP contribution in [-0.4, -0.2) is 79.2 Å². The summed E-state index contributed by atoms with van der Waals surface area (Å²) < 4.78 is 27.4. The van der Waals surface area contributed by atoms with Crippen LogP contribution in [0, 0.1) is 23.2 Å². The van der Waals surface area contributed by atoms with Crippen molar-refractivity contribution in [3.8, 4) is 0 Å². The summed E-state index contributed by atoms with van der Waals surface area (Å²) in [4.78, 5) is 42.7. The first kappa shape index (κ1) is 29.7. The summed E-state index contributed by atoms with van der Waals surface area (Å²) in [5.74, 6) is -0.881. The van der Waals surface area contributed by atoms with Gasteiger partial charge in [0.2, 0.25) is 5.91 Å². The summed E-state index contributed by atoms with van der Waals surface area (Å²) in [6.07, 6.45) is 7.62. The minimum atomic E-state index is -2.55. The summed E-state index contributed by atoms with van der Waals surface area (Å²) in [6, 6.07) is 12.2. The summed E-state index contributed by atoms with van der Waals surface area (Å²) >= 11 is 0. The molecule has 3 N–H and O–H groups in total. The third kappa shape index (κ3) is 5.32. The zero-order valence-electron chi connectivity index (χ0n) is 26.1. The molecule has 3 unspecified atom stereocenters. The van der Waals surface area contributed by atoms with E-state index in [0.29, 0.717) is 25.6 Å². The van der Waals surface area contributed by atoms with E-state index in [1.54, 1.807) is 5.06 Å². The van der Waals surface area contributed by atoms with E-state index in [1.807, 2.05) is 41.4 Å². The summed E-state index contributed by atoms with van der Waals surface area (Å²) in [5.41, 5.74) is 8.18. The molecule has 2 aromatic rings. The molecular formula is C34H43F2N7O3. The molecule has 2 amide bonds. The number of likely N-dealkylation sites (tertiary alicyclic amines) is 1. The Morgan fingerprint density at radius 3 is 2.33 bits per heavy atom. The molecule has 3 aliphatic heterocycles. The number of nitrogens with zero attached hydrogens (tertiary/aromatic N) is 5. The van der Waals surface area contributed by atoms with Gasteiger partial charge in [0, 0.05) is 50.1 Å². The van der Waals surface area contributed by atoms with Gasteiger partial charge in [0.25, 0.3) is 5.92 Å². The van der Waals surface area contributed by atoms with E-state index in [4.69, 9.17) is 15.6 Å². The minimum Gasteiger partial charge on any atom is -0.370 e. The van der Waals surface area contributed by atoms with Gasteiger partial charge in [-0.05, 0) is 87.0 Å². The number of hydrogen-bond donors (Lipinski definition) is 2. The second-order valence-electron chi connectivity index (χ2n) is 14.6. The Hall–Kier alpha value is -3.67. The van der Waals surface area contributed by atoms with E-state index in [0.717, 1.165) is 80.9 Å². The van der Waals surface area contributed by atoms with Crippen LogP contribution in [0.3, 0.4) is 0 Å². The van der Waals surface area contributed by atoms with Gasteiger partial charge in [-0.15, -0.1) is 0 Å². The number of rotatable bonds is 6. The fourth-order valence-corrected chi connectivity index (χ4v) is 9.78. The van der Waals surface area contributed by atoms with Crippen LogP contribution in [0.5, 0.6) is 0 Å². The van der Waals surface area contributed by atoms with Crippen LogP contribution in [0.25, 0.3) is 0 Å². The second-order valence-corrected chi connectivity index (χ2v) is 14.6. The van der Waals surface area contributed by atoms with Crippen molar-refractivity contribution >= 4 is 34.9 Å². The first-order chi connectivity index (χ1) is 22.2. The molecule has 4 heterocycles. The van der Waals surface area contributed by atoms with Crippen molar-refractivity contribution in [1.82, 2.24) is 15.2 Å². The summed E-state index contributed by atoms with van der Waals surface area (Å²) in [5, 5.41) is 4.84. The highest BCUT2D eigenvalue weighted by atomic mass is 19.3. The average Bonchev–Trinajstić information content (AvgIpc) is 3.42. The van der Waals surface area contributed by atoms with Crippen molar-refractivity contribution < 1.29 is 23.2 Å². The molecule has 4 bridgehead atoms. The minimum absolute atomic E-state index is 0.00604. The number of aromatic nitrogens is 1. The van der Waals surface area contributed by atoms with Gasteiger partial charge in [-0.1, -0.05) is 12.1 Å². The standard InChI is InChI=1S/C34H43F2N7O3/c35-34(36)9-12-41(21-34)25-7-10-40(11-8-25)26-5-6-29(38-20-26)42-13-14-43(28-4-2-1-3-27(28)42)46-32(45)39-30-23-15-22-16-24(30)19-33(17-22,18-23)31(37)44/h1-6,20,22-25,30H,7-19,21H2,(H2,37,44)(H,39,45)/t22?,23-,24+,30?,33?. The number of amides is 2. The number of para-hydroxylation sites is 2. The Morgan fingerprint density at radius 2 is 1.67 bits per heavy atom. The van der Waals surface area contributed by atoms with Crippen LogP contribution in [0.4, 0.5) is 36.5 Å². The SMILES string of the molecule is NC(=O)C12CC3C[C@H](C1)C(NC(=O)ON1CCN(c4ccc(N5CCC(N6CCC(F)(F)C6)CC5)cn4)c4ccccc41)[C@@H](C3)C2. The number of alkyl halides is 2. The molecule has 4 aliphatic carbocycles. The molecule has 2 saturated heterocycles. The maximum absolute atomic E-state index is 13.7. The van der Waals surface area contributed by atoms with Gasteiger partial charge in [0.1, 0.15) is 5.82 Å². The smallest absolute Gasteiger partial charge is 0.370 e. The molecule has 1 aromatic heterocycles. The van der Waals surface area contributed by atoms with Gasteiger partial charge >= 0.3 is 6.09 Å². The van der Waals surface area contributed by atoms with Gasteiger partial charge in [-0.2, -0.15) is 0 Å². The predicted molar refractivity (Wildman–Crippen MR) is 170 cm³/mol. The average molecular weight is 636 g/mol. The van der Waals surface area contributed by atoms with Gasteiger partial charge in [-0.25, -0.2) is 23.6 Å². The van der Waals surface area contributed by atoms with E-state index in [2.05, 4.69) is 21.2 Å². The van der Waals surface area contributed by atoms with E-state index < -0.39 is 17.4 Å². The summed E-state index contributed by atoms with van der Waals surface area (Å²) in [6.45, 7) is 3.08. The Bertz CT molecular complexity index is 1470. The number of primary amides is 1. The number of piperidine rings is 1. The lowest BCUT2D eigenvalue weighted by atomic mass is 9.47. The van der Waals surface area contributed by atoms with Gasteiger partial charge in [0.05, 0.1) is 36.3 Å². The quantitative estimate of drug-likeness (QED) is 0.472. The zero-order chi connectivity index (χ0) is 31.6. The number of halogens is 2. The third-order valence-corrected chi connectivity index (χ3v) is 11.8. The van der Waals surface area contributed by atoms with E-state index in [1.165, 1.54) is 0 Å². The van der Waals surface area contributed by atoms with Crippen molar-refractivity contribution in [1.29, 1.82) is 0 Å². The molecule has 12 heteroatoms. The molecule has 46 heavy (non-hydrogen) atoms. The number of carbonyl (C=O) groups is 2. The Balaban J connectivity index is 0.895. The zero-order valence-corrected chi connectivity index (χ0v) is 26.1. The molecule has 246 valence electrons. The van der Waals surface area contributed by atoms with Crippen LogP contribution in [0.15, 0.2) is 42.6 Å². The highest BCUT2D eigenvalue weighted by Crippen LogP contribution is 2.60. The highest BCUT2D eigenvalue weighted by Gasteiger charge is 2.58. The highest BCUT2D eigenvalue weighted by molar-refractivity contribution is 5.82. The Morgan fingerprint density at radius 1 is 0.935 bits per heavy atom. The summed E-state index contributed by atoms with van der Waals surface area (Å²) in [7, 11) is 0. The van der Waals surface area contributed by atoms with Crippen molar-refractivity contribution in [3.05, 3.63) is 42.6 Å². The number of benzene rings is 1. The lowest BCUT2D eigenvalue weighted by Crippen LogP contribution is -2.62. The molecule has 5 atom stereocenters. The number of hydroxylamine groups is 1. The first-order valence-electron chi connectivity index (χ1n) is 16.9. The molecule has 0 radical (unpaired) electrons. The molecule has 0 spiro atoms. The molecule has 10 nitrogen and oxygen atoms in total.